The molecule has 9 nitrogen and oxygen atoms in total. The van der Waals surface area contributed by atoms with Crippen LogP contribution in [0.3, 0.4) is 0 Å². The number of carboxylic acids is 1. The minimum absolute atomic E-state index is 0.0318. The highest BCUT2D eigenvalue weighted by atomic mass is 19.4. The van der Waals surface area contributed by atoms with Gasteiger partial charge in [0.15, 0.2) is 0 Å². The molecule has 2 aromatic carbocycles. The Labute approximate surface area is 256 Å². The standard InChI is InChI=1S/C33H31F3N4O5/c34-33(35,36)25-4-1-3-24-22(19-45-31(24)25)18-44-30-6-2-5-26(38-30)20-9-12-39(13-10-20)17-29-37-27-8-7-21(32(41)42)15-28(27)40(29)16-23-11-14-43-23/h1-8,15,19-20,23H,9-14,16-18H2,(H,41,42). The number of aromatic nitrogens is 3. The lowest BCUT2D eigenvalue weighted by atomic mass is 9.93. The smallest absolute Gasteiger partial charge is 0.420 e. The van der Waals surface area contributed by atoms with E-state index < -0.39 is 17.7 Å². The molecular formula is C33H31F3N4O5. The van der Waals surface area contributed by atoms with Crippen molar-refractivity contribution in [2.45, 2.75) is 57.2 Å². The van der Waals surface area contributed by atoms with Gasteiger partial charge in [-0.05, 0) is 62.7 Å². The molecule has 5 aromatic rings. The molecule has 1 atom stereocenters. The number of pyridine rings is 1. The average Bonchev–Trinajstić information content (AvgIpc) is 3.58. The van der Waals surface area contributed by atoms with E-state index in [2.05, 4.69) is 9.47 Å². The molecule has 1 N–H and O–H groups in total. The van der Waals surface area contributed by atoms with E-state index in [1.165, 1.54) is 12.3 Å². The van der Waals surface area contributed by atoms with Crippen LogP contribution in [-0.4, -0.2) is 56.3 Å². The van der Waals surface area contributed by atoms with Crippen molar-refractivity contribution in [3.63, 3.8) is 0 Å². The summed E-state index contributed by atoms with van der Waals surface area (Å²) in [5, 5.41) is 9.87. The van der Waals surface area contributed by atoms with E-state index in [1.807, 2.05) is 12.1 Å². The number of benzene rings is 2. The molecule has 0 saturated carbocycles. The molecule has 2 saturated heterocycles. The lowest BCUT2D eigenvalue weighted by Crippen LogP contribution is -2.35. The molecule has 0 spiro atoms. The summed E-state index contributed by atoms with van der Waals surface area (Å²) >= 11 is 0. The molecule has 2 fully saturated rings. The van der Waals surface area contributed by atoms with Crippen molar-refractivity contribution >= 4 is 28.0 Å². The van der Waals surface area contributed by atoms with Gasteiger partial charge in [0.25, 0.3) is 0 Å². The zero-order chi connectivity index (χ0) is 31.1. The number of rotatable bonds is 9. The van der Waals surface area contributed by atoms with Gasteiger partial charge in [0, 0.05) is 35.2 Å². The number of imidazole rings is 1. The summed E-state index contributed by atoms with van der Waals surface area (Å²) in [5.41, 5.74) is 2.24. The molecule has 5 heterocycles. The minimum atomic E-state index is -4.51. The Bertz CT molecular complexity index is 1850. The van der Waals surface area contributed by atoms with Crippen molar-refractivity contribution in [1.82, 2.24) is 19.4 Å². The van der Waals surface area contributed by atoms with Crippen LogP contribution in [0.4, 0.5) is 13.2 Å². The monoisotopic (exact) mass is 620 g/mol. The number of para-hydroxylation sites is 1. The molecule has 45 heavy (non-hydrogen) atoms. The predicted molar refractivity (Wildman–Crippen MR) is 158 cm³/mol. The number of likely N-dealkylation sites (tertiary alicyclic amines) is 1. The van der Waals surface area contributed by atoms with Crippen LogP contribution in [0.2, 0.25) is 0 Å². The Morgan fingerprint density at radius 2 is 1.84 bits per heavy atom. The maximum atomic E-state index is 13.4. The topological polar surface area (TPSA) is 103 Å². The van der Waals surface area contributed by atoms with Crippen LogP contribution in [0.5, 0.6) is 5.88 Å². The molecule has 234 valence electrons. The number of alkyl halides is 3. The summed E-state index contributed by atoms with van der Waals surface area (Å²) in [6, 6.07) is 14.6. The number of carbonyl (C=O) groups is 1. The van der Waals surface area contributed by atoms with Crippen LogP contribution in [0.1, 0.15) is 58.2 Å². The first kappa shape index (κ1) is 29.3. The normalized spacial score (nSPS) is 18.0. The van der Waals surface area contributed by atoms with Crippen LogP contribution in [0.15, 0.2) is 65.3 Å². The summed E-state index contributed by atoms with van der Waals surface area (Å²) in [6.07, 6.45) is -0.358. The Balaban J connectivity index is 1.00. The molecule has 0 aliphatic carbocycles. The minimum Gasteiger partial charge on any atom is -0.478 e. The number of aromatic carboxylic acids is 1. The van der Waals surface area contributed by atoms with E-state index in [9.17, 15) is 23.1 Å². The molecule has 0 radical (unpaired) electrons. The number of fused-ring (bicyclic) bond motifs is 2. The van der Waals surface area contributed by atoms with Crippen LogP contribution >= 0.6 is 0 Å². The number of hydrogen-bond donors (Lipinski definition) is 1. The van der Waals surface area contributed by atoms with Gasteiger partial charge in [0.2, 0.25) is 5.88 Å². The average molecular weight is 621 g/mol. The van der Waals surface area contributed by atoms with Crippen molar-refractivity contribution < 1.29 is 37.0 Å². The Morgan fingerprint density at radius 1 is 1.04 bits per heavy atom. The van der Waals surface area contributed by atoms with E-state index >= 15 is 0 Å². The van der Waals surface area contributed by atoms with Gasteiger partial charge in [-0.25, -0.2) is 14.8 Å². The van der Waals surface area contributed by atoms with Crippen LogP contribution in [-0.2, 0) is 30.6 Å². The van der Waals surface area contributed by atoms with Crippen molar-refractivity contribution in [1.29, 1.82) is 0 Å². The largest absolute Gasteiger partial charge is 0.478 e. The Morgan fingerprint density at radius 3 is 2.58 bits per heavy atom. The Kier molecular flexibility index (Phi) is 7.70. The molecule has 3 aromatic heterocycles. The van der Waals surface area contributed by atoms with E-state index in [1.54, 1.807) is 30.3 Å². The molecule has 0 amide bonds. The van der Waals surface area contributed by atoms with Gasteiger partial charge in [0.1, 0.15) is 18.0 Å². The van der Waals surface area contributed by atoms with Crippen molar-refractivity contribution in [2.24, 2.45) is 0 Å². The summed E-state index contributed by atoms with van der Waals surface area (Å²) in [6.45, 7) is 3.73. The van der Waals surface area contributed by atoms with Gasteiger partial charge >= 0.3 is 12.1 Å². The van der Waals surface area contributed by atoms with Gasteiger partial charge in [-0.3, -0.25) is 4.90 Å². The Hall–Kier alpha value is -4.42. The molecule has 0 bridgehead atoms. The molecule has 12 heteroatoms. The van der Waals surface area contributed by atoms with E-state index in [0.717, 1.165) is 67.6 Å². The summed E-state index contributed by atoms with van der Waals surface area (Å²) in [4.78, 5) is 23.5. The van der Waals surface area contributed by atoms with Crippen LogP contribution in [0, 0.1) is 0 Å². The maximum absolute atomic E-state index is 13.4. The van der Waals surface area contributed by atoms with Gasteiger partial charge in [0.05, 0.1) is 47.6 Å². The molecule has 2 aliphatic rings. The fraction of sp³-hybridized carbons (Fsp3) is 0.364. The van der Waals surface area contributed by atoms with Gasteiger partial charge in [-0.2, -0.15) is 13.2 Å². The number of furan rings is 1. The highest BCUT2D eigenvalue weighted by molar-refractivity contribution is 5.92. The number of carboxylic acid groups (broad SMARTS) is 1. The first-order valence-corrected chi connectivity index (χ1v) is 15.0. The SMILES string of the molecule is O=C(O)c1ccc2nc(CN3CCC(c4cccc(OCc5coc6c(C(F)(F)F)cccc56)n4)CC3)n(CC3CCO3)c2c1. The van der Waals surface area contributed by atoms with Gasteiger partial charge < -0.3 is 23.6 Å². The second-order valence-corrected chi connectivity index (χ2v) is 11.6. The fourth-order valence-electron chi connectivity index (χ4n) is 6.18. The fourth-order valence-corrected chi connectivity index (χ4v) is 6.18. The van der Waals surface area contributed by atoms with Crippen molar-refractivity contribution in [2.75, 3.05) is 19.7 Å². The first-order chi connectivity index (χ1) is 21.7. The summed E-state index contributed by atoms with van der Waals surface area (Å²) < 4.78 is 59.0. The van der Waals surface area contributed by atoms with Crippen LogP contribution < -0.4 is 4.74 Å². The zero-order valence-corrected chi connectivity index (χ0v) is 24.3. The highest BCUT2D eigenvalue weighted by Gasteiger charge is 2.34. The second-order valence-electron chi connectivity index (χ2n) is 11.6. The number of hydrogen-bond acceptors (Lipinski definition) is 7. The van der Waals surface area contributed by atoms with E-state index in [-0.39, 0.29) is 29.8 Å². The zero-order valence-electron chi connectivity index (χ0n) is 24.3. The molecule has 2 aliphatic heterocycles. The third kappa shape index (κ3) is 5.99. The second kappa shape index (κ2) is 11.8. The highest BCUT2D eigenvalue weighted by Crippen LogP contribution is 2.37. The number of ether oxygens (including phenoxy) is 2. The molecule has 7 rings (SSSR count). The number of piperidine rings is 1. The number of nitrogens with zero attached hydrogens (tertiary/aromatic N) is 4. The third-order valence-electron chi connectivity index (χ3n) is 8.73. The lowest BCUT2D eigenvalue weighted by Gasteiger charge is -2.32. The predicted octanol–water partition coefficient (Wildman–Crippen LogP) is 6.64. The quantitative estimate of drug-likeness (QED) is 0.196. The van der Waals surface area contributed by atoms with E-state index in [4.69, 9.17) is 23.9 Å². The van der Waals surface area contributed by atoms with E-state index in [0.29, 0.717) is 29.9 Å². The summed E-state index contributed by atoms with van der Waals surface area (Å²) in [7, 11) is 0. The summed E-state index contributed by atoms with van der Waals surface area (Å²) in [5.74, 6) is 0.563. The maximum Gasteiger partial charge on any atom is 0.420 e. The van der Waals surface area contributed by atoms with Gasteiger partial charge in [-0.15, -0.1) is 0 Å². The molecule has 1 unspecified atom stereocenters. The van der Waals surface area contributed by atoms with Crippen molar-refractivity contribution in [3.8, 4) is 5.88 Å². The third-order valence-corrected chi connectivity index (χ3v) is 8.73. The number of halogens is 3. The molecular weight excluding hydrogens is 589 g/mol. The lowest BCUT2D eigenvalue weighted by molar-refractivity contribution is -0.136. The van der Waals surface area contributed by atoms with Crippen LogP contribution in [0.25, 0.3) is 22.0 Å². The first-order valence-electron chi connectivity index (χ1n) is 15.0. The van der Waals surface area contributed by atoms with Crippen molar-refractivity contribution in [3.05, 3.63) is 89.1 Å². The van der Waals surface area contributed by atoms with Gasteiger partial charge in [-0.1, -0.05) is 18.2 Å².